The monoisotopic (exact) mass is 267 g/mol. The molecule has 0 radical (unpaired) electrons. The quantitative estimate of drug-likeness (QED) is 0.607. The van der Waals surface area contributed by atoms with E-state index in [0.717, 1.165) is 12.6 Å². The molecule has 0 bridgehead atoms. The molecular formula is C14H18FNO3. The lowest BCUT2D eigenvalue weighted by molar-refractivity contribution is -0.149. The standard InChI is InChI=1S/C14H18FNO3/c1-4-8-14(12(17)18-5-2)13(3,19-14)11-7-6-10(15)9-16-11/h6-7,9H,4-5,8H2,1-3H3. The Morgan fingerprint density at radius 1 is 1.47 bits per heavy atom. The van der Waals surface area contributed by atoms with Gasteiger partial charge in [-0.25, -0.2) is 9.18 Å². The Morgan fingerprint density at radius 3 is 2.74 bits per heavy atom. The fourth-order valence-corrected chi connectivity index (χ4v) is 2.47. The number of hydrogen-bond donors (Lipinski definition) is 0. The average molecular weight is 267 g/mol. The molecule has 0 amide bonds. The third-order valence-electron chi connectivity index (χ3n) is 3.53. The topological polar surface area (TPSA) is 51.7 Å². The maximum atomic E-state index is 12.9. The van der Waals surface area contributed by atoms with Gasteiger partial charge in [0.05, 0.1) is 18.5 Å². The zero-order chi connectivity index (χ0) is 14.1. The highest BCUT2D eigenvalue weighted by Gasteiger charge is 2.73. The predicted molar refractivity (Wildman–Crippen MR) is 66.9 cm³/mol. The second kappa shape index (κ2) is 4.89. The average Bonchev–Trinajstić information content (AvgIpc) is 2.99. The van der Waals surface area contributed by atoms with Crippen molar-refractivity contribution in [3.8, 4) is 0 Å². The Kier molecular flexibility index (Phi) is 3.58. The molecule has 0 saturated carbocycles. The highest BCUT2D eigenvalue weighted by Crippen LogP contribution is 2.58. The summed E-state index contributed by atoms with van der Waals surface area (Å²) in [5.74, 6) is -0.782. The van der Waals surface area contributed by atoms with Crippen LogP contribution in [0.15, 0.2) is 18.3 Å². The number of epoxide rings is 1. The van der Waals surface area contributed by atoms with Crippen molar-refractivity contribution in [1.82, 2.24) is 4.98 Å². The van der Waals surface area contributed by atoms with Gasteiger partial charge in [-0.15, -0.1) is 0 Å². The Bertz CT molecular complexity index is 476. The van der Waals surface area contributed by atoms with Gasteiger partial charge in [0, 0.05) is 0 Å². The summed E-state index contributed by atoms with van der Waals surface area (Å²) in [4.78, 5) is 16.1. The van der Waals surface area contributed by atoms with Gasteiger partial charge >= 0.3 is 5.97 Å². The van der Waals surface area contributed by atoms with Crippen LogP contribution in [0.4, 0.5) is 4.39 Å². The van der Waals surface area contributed by atoms with Crippen molar-refractivity contribution in [2.75, 3.05) is 6.61 Å². The third kappa shape index (κ3) is 2.12. The normalized spacial score (nSPS) is 29.1. The molecule has 0 aliphatic carbocycles. The summed E-state index contributed by atoms with van der Waals surface area (Å²) in [5.41, 5.74) is -1.26. The van der Waals surface area contributed by atoms with Gasteiger partial charge in [-0.2, -0.15) is 0 Å². The molecule has 2 unspecified atom stereocenters. The van der Waals surface area contributed by atoms with Crippen LogP contribution < -0.4 is 0 Å². The highest BCUT2D eigenvalue weighted by atomic mass is 19.1. The molecule has 4 nitrogen and oxygen atoms in total. The van der Waals surface area contributed by atoms with Crippen LogP contribution in [0.5, 0.6) is 0 Å². The van der Waals surface area contributed by atoms with Crippen LogP contribution >= 0.6 is 0 Å². The molecule has 1 fully saturated rings. The van der Waals surface area contributed by atoms with E-state index in [9.17, 15) is 9.18 Å². The number of aromatic nitrogens is 1. The Hall–Kier alpha value is -1.49. The smallest absolute Gasteiger partial charge is 0.341 e. The lowest BCUT2D eigenvalue weighted by atomic mass is 9.87. The summed E-state index contributed by atoms with van der Waals surface area (Å²) in [6.07, 6.45) is 2.47. The number of carbonyl (C=O) groups excluding carboxylic acids is 1. The van der Waals surface area contributed by atoms with Crippen LogP contribution in [-0.2, 0) is 19.9 Å². The minimum Gasteiger partial charge on any atom is -0.464 e. The van der Waals surface area contributed by atoms with Crippen molar-refractivity contribution in [2.45, 2.75) is 44.8 Å². The Labute approximate surface area is 111 Å². The summed E-state index contributed by atoms with van der Waals surface area (Å²) in [6, 6.07) is 2.86. The van der Waals surface area contributed by atoms with Crippen LogP contribution in [0.2, 0.25) is 0 Å². The van der Waals surface area contributed by atoms with E-state index in [2.05, 4.69) is 4.98 Å². The van der Waals surface area contributed by atoms with Crippen molar-refractivity contribution in [3.63, 3.8) is 0 Å². The van der Waals surface area contributed by atoms with E-state index in [4.69, 9.17) is 9.47 Å². The largest absolute Gasteiger partial charge is 0.464 e. The van der Waals surface area contributed by atoms with Gasteiger partial charge in [0.2, 0.25) is 5.60 Å². The predicted octanol–water partition coefficient (Wildman–Crippen LogP) is 2.57. The molecule has 104 valence electrons. The maximum Gasteiger partial charge on any atom is 0.341 e. The van der Waals surface area contributed by atoms with Gasteiger partial charge < -0.3 is 9.47 Å². The van der Waals surface area contributed by atoms with Gasteiger partial charge in [-0.1, -0.05) is 13.3 Å². The number of halogens is 1. The summed E-state index contributed by atoms with van der Waals surface area (Å²) < 4.78 is 23.7. The number of hydrogen-bond acceptors (Lipinski definition) is 4. The van der Waals surface area contributed by atoms with Gasteiger partial charge in [0.15, 0.2) is 0 Å². The molecule has 0 aromatic carbocycles. The van der Waals surface area contributed by atoms with Crippen molar-refractivity contribution in [2.24, 2.45) is 0 Å². The van der Waals surface area contributed by atoms with E-state index in [1.807, 2.05) is 6.92 Å². The third-order valence-corrected chi connectivity index (χ3v) is 3.53. The maximum absolute atomic E-state index is 12.9. The van der Waals surface area contributed by atoms with Crippen molar-refractivity contribution < 1.29 is 18.7 Å². The molecular weight excluding hydrogens is 249 g/mol. The minimum absolute atomic E-state index is 0.306. The first-order valence-electron chi connectivity index (χ1n) is 6.49. The second-order valence-corrected chi connectivity index (χ2v) is 4.79. The Morgan fingerprint density at radius 2 is 2.21 bits per heavy atom. The van der Waals surface area contributed by atoms with Gasteiger partial charge in [-0.3, -0.25) is 4.98 Å². The van der Waals surface area contributed by atoms with Gasteiger partial charge in [0.1, 0.15) is 11.4 Å². The molecule has 1 aromatic heterocycles. The molecule has 2 rings (SSSR count). The summed E-state index contributed by atoms with van der Waals surface area (Å²) >= 11 is 0. The first-order valence-corrected chi connectivity index (χ1v) is 6.49. The second-order valence-electron chi connectivity index (χ2n) is 4.79. The van der Waals surface area contributed by atoms with E-state index in [1.165, 1.54) is 6.07 Å². The molecule has 1 saturated heterocycles. The zero-order valence-corrected chi connectivity index (χ0v) is 11.4. The SMILES string of the molecule is CCCC1(C(=O)OCC)OC1(C)c1ccc(F)cn1. The lowest BCUT2D eigenvalue weighted by Gasteiger charge is -2.14. The number of esters is 1. The number of carbonyl (C=O) groups is 1. The molecule has 2 atom stereocenters. The minimum atomic E-state index is -0.984. The first-order chi connectivity index (χ1) is 9.00. The highest BCUT2D eigenvalue weighted by molar-refractivity contribution is 5.85. The fraction of sp³-hybridized carbons (Fsp3) is 0.571. The van der Waals surface area contributed by atoms with Crippen LogP contribution in [-0.4, -0.2) is 23.2 Å². The summed E-state index contributed by atoms with van der Waals surface area (Å²) in [7, 11) is 0. The van der Waals surface area contributed by atoms with Crippen LogP contribution in [0.3, 0.4) is 0 Å². The van der Waals surface area contributed by atoms with Gasteiger partial charge in [-0.05, 0) is 32.4 Å². The van der Waals surface area contributed by atoms with E-state index in [0.29, 0.717) is 18.7 Å². The number of nitrogens with zero attached hydrogens (tertiary/aromatic N) is 1. The molecule has 0 spiro atoms. The molecule has 1 aromatic rings. The number of ether oxygens (including phenoxy) is 2. The van der Waals surface area contributed by atoms with Crippen LogP contribution in [0.25, 0.3) is 0 Å². The molecule has 0 N–H and O–H groups in total. The van der Waals surface area contributed by atoms with Crippen LogP contribution in [0, 0.1) is 5.82 Å². The van der Waals surface area contributed by atoms with E-state index >= 15 is 0 Å². The molecule has 19 heavy (non-hydrogen) atoms. The molecule has 1 aliphatic heterocycles. The number of pyridine rings is 1. The fourth-order valence-electron chi connectivity index (χ4n) is 2.47. The van der Waals surface area contributed by atoms with Gasteiger partial charge in [0.25, 0.3) is 0 Å². The van der Waals surface area contributed by atoms with Crippen molar-refractivity contribution >= 4 is 5.97 Å². The first kappa shape index (κ1) is 13.9. The number of rotatable bonds is 5. The van der Waals surface area contributed by atoms with Crippen molar-refractivity contribution in [1.29, 1.82) is 0 Å². The molecule has 5 heteroatoms. The van der Waals surface area contributed by atoms with Crippen LogP contribution in [0.1, 0.15) is 39.3 Å². The van der Waals surface area contributed by atoms with E-state index in [-0.39, 0.29) is 5.97 Å². The lowest BCUT2D eigenvalue weighted by Crippen LogP contribution is -2.33. The van der Waals surface area contributed by atoms with E-state index in [1.54, 1.807) is 19.9 Å². The summed E-state index contributed by atoms with van der Waals surface area (Å²) in [6.45, 7) is 5.83. The zero-order valence-electron chi connectivity index (χ0n) is 11.4. The molecule has 1 aliphatic rings. The van der Waals surface area contributed by atoms with E-state index < -0.39 is 17.0 Å². The van der Waals surface area contributed by atoms with Crippen molar-refractivity contribution in [3.05, 3.63) is 29.8 Å². The summed E-state index contributed by atoms with van der Waals surface area (Å²) in [5, 5.41) is 0. The molecule has 2 heterocycles. The Balaban J connectivity index is 2.29.